The first-order valence-electron chi connectivity index (χ1n) is 7.23. The van der Waals surface area contributed by atoms with Gasteiger partial charge in [0.25, 0.3) is 0 Å². The molecule has 0 aromatic heterocycles. The number of ether oxygens (including phenoxy) is 1. The Labute approximate surface area is 129 Å². The van der Waals surface area contributed by atoms with Gasteiger partial charge in [-0.2, -0.15) is 0 Å². The number of benzene rings is 1. The zero-order valence-corrected chi connectivity index (χ0v) is 13.0. The Morgan fingerprint density at radius 2 is 2.09 bits per heavy atom. The van der Waals surface area contributed by atoms with E-state index in [0.717, 1.165) is 5.56 Å². The van der Waals surface area contributed by atoms with Crippen molar-refractivity contribution in [3.8, 4) is 5.75 Å². The minimum absolute atomic E-state index is 0.215. The summed E-state index contributed by atoms with van der Waals surface area (Å²) >= 11 is 0. The molecule has 1 fully saturated rings. The van der Waals surface area contributed by atoms with Crippen molar-refractivity contribution in [1.29, 1.82) is 0 Å². The number of rotatable bonds is 5. The normalized spacial score (nSPS) is 18.1. The van der Waals surface area contributed by atoms with Crippen LogP contribution in [0.25, 0.3) is 0 Å². The zero-order chi connectivity index (χ0) is 16.3. The van der Waals surface area contributed by atoms with E-state index in [9.17, 15) is 14.4 Å². The minimum Gasteiger partial charge on any atom is -0.495 e. The van der Waals surface area contributed by atoms with E-state index in [4.69, 9.17) is 4.74 Å². The van der Waals surface area contributed by atoms with E-state index >= 15 is 0 Å². The maximum Gasteiger partial charge on any atom is 0.249 e. The standard InChI is InChI=1S/C16H20N2O4/c1-10(2)11-4-5-12(14(8-11)22-3)18(9-19)13-6-7-15(20)17-16(13)21/h4-5,8-10,13H,6-7H2,1-3H3,(H,17,20,21). The highest BCUT2D eigenvalue weighted by Gasteiger charge is 2.33. The molecule has 0 radical (unpaired) electrons. The molecule has 1 aromatic rings. The maximum absolute atomic E-state index is 12.0. The molecule has 2 rings (SSSR count). The SMILES string of the molecule is COc1cc(C(C)C)ccc1N(C=O)C1CCC(=O)NC1=O. The van der Waals surface area contributed by atoms with Crippen molar-refractivity contribution < 1.29 is 19.1 Å². The zero-order valence-electron chi connectivity index (χ0n) is 13.0. The molecule has 1 atom stereocenters. The largest absolute Gasteiger partial charge is 0.495 e. The molecule has 1 aromatic carbocycles. The fourth-order valence-electron chi connectivity index (χ4n) is 2.51. The molecule has 6 heteroatoms. The molecule has 1 N–H and O–H groups in total. The second-order valence-corrected chi connectivity index (χ2v) is 5.57. The summed E-state index contributed by atoms with van der Waals surface area (Å²) in [4.78, 5) is 36.1. The van der Waals surface area contributed by atoms with E-state index in [-0.39, 0.29) is 12.3 Å². The Kier molecular flexibility index (Phi) is 4.80. The Balaban J connectivity index is 2.36. The number of nitrogens with one attached hydrogen (secondary N) is 1. The lowest BCUT2D eigenvalue weighted by Crippen LogP contribution is -2.52. The minimum atomic E-state index is -0.700. The molecule has 0 spiro atoms. The van der Waals surface area contributed by atoms with E-state index in [1.165, 1.54) is 12.0 Å². The van der Waals surface area contributed by atoms with Gasteiger partial charge in [0.15, 0.2) is 0 Å². The van der Waals surface area contributed by atoms with Crippen molar-refractivity contribution in [2.45, 2.75) is 38.6 Å². The van der Waals surface area contributed by atoms with Gasteiger partial charge < -0.3 is 4.74 Å². The molecule has 22 heavy (non-hydrogen) atoms. The third kappa shape index (κ3) is 3.10. The lowest BCUT2D eigenvalue weighted by Gasteiger charge is -2.31. The second-order valence-electron chi connectivity index (χ2n) is 5.57. The average Bonchev–Trinajstić information content (AvgIpc) is 2.50. The number of methoxy groups -OCH3 is 1. The molecule has 1 aliphatic heterocycles. The van der Waals surface area contributed by atoms with Crippen LogP contribution in [0.1, 0.15) is 38.2 Å². The summed E-state index contributed by atoms with van der Waals surface area (Å²) in [6.07, 6.45) is 1.12. The van der Waals surface area contributed by atoms with Crippen molar-refractivity contribution in [2.75, 3.05) is 12.0 Å². The van der Waals surface area contributed by atoms with Crippen LogP contribution >= 0.6 is 0 Å². The molecule has 1 unspecified atom stereocenters. The maximum atomic E-state index is 12.0. The summed E-state index contributed by atoms with van der Waals surface area (Å²) in [5, 5.41) is 2.26. The number of amides is 3. The first-order chi connectivity index (χ1) is 10.5. The number of carbonyl (C=O) groups is 3. The van der Waals surface area contributed by atoms with E-state index in [0.29, 0.717) is 30.2 Å². The van der Waals surface area contributed by atoms with Crippen molar-refractivity contribution >= 4 is 23.9 Å². The number of hydrogen-bond donors (Lipinski definition) is 1. The third-order valence-electron chi connectivity index (χ3n) is 3.81. The highest BCUT2D eigenvalue weighted by Crippen LogP contribution is 2.33. The molecule has 1 aliphatic rings. The van der Waals surface area contributed by atoms with E-state index in [1.807, 2.05) is 12.1 Å². The third-order valence-corrected chi connectivity index (χ3v) is 3.81. The van der Waals surface area contributed by atoms with Crippen LogP contribution in [0.3, 0.4) is 0 Å². The van der Waals surface area contributed by atoms with Gasteiger partial charge in [-0.05, 0) is 30.0 Å². The molecular weight excluding hydrogens is 284 g/mol. The summed E-state index contributed by atoms with van der Waals surface area (Å²) in [7, 11) is 1.52. The number of piperidine rings is 1. The van der Waals surface area contributed by atoms with Gasteiger partial charge in [0, 0.05) is 6.42 Å². The first kappa shape index (κ1) is 16.0. The number of nitrogens with zero attached hydrogens (tertiary/aromatic N) is 1. The van der Waals surface area contributed by atoms with Gasteiger partial charge in [-0.25, -0.2) is 0 Å². The molecule has 0 saturated carbocycles. The van der Waals surface area contributed by atoms with E-state index < -0.39 is 11.9 Å². The van der Waals surface area contributed by atoms with Gasteiger partial charge in [0.1, 0.15) is 11.8 Å². The van der Waals surface area contributed by atoms with Crippen LogP contribution < -0.4 is 15.0 Å². The molecular formula is C16H20N2O4. The summed E-state index contributed by atoms with van der Waals surface area (Å²) in [6.45, 7) is 4.12. The number of carbonyl (C=O) groups excluding carboxylic acids is 3. The van der Waals surface area contributed by atoms with Gasteiger partial charge >= 0.3 is 0 Å². The number of imide groups is 1. The predicted octanol–water partition coefficient (Wildman–Crippen LogP) is 1.59. The topological polar surface area (TPSA) is 75.7 Å². The molecule has 6 nitrogen and oxygen atoms in total. The van der Waals surface area contributed by atoms with Gasteiger partial charge in [0.05, 0.1) is 12.8 Å². The van der Waals surface area contributed by atoms with Crippen LogP contribution in [0.2, 0.25) is 0 Å². The second kappa shape index (κ2) is 6.60. The Morgan fingerprint density at radius 3 is 2.64 bits per heavy atom. The van der Waals surface area contributed by atoms with Crippen LogP contribution in [0, 0.1) is 0 Å². The van der Waals surface area contributed by atoms with Crippen molar-refractivity contribution in [1.82, 2.24) is 5.32 Å². The fraction of sp³-hybridized carbons (Fsp3) is 0.438. The van der Waals surface area contributed by atoms with Gasteiger partial charge in [0.2, 0.25) is 18.2 Å². The summed E-state index contributed by atoms with van der Waals surface area (Å²) in [6, 6.07) is 4.84. The molecule has 3 amide bonds. The lowest BCUT2D eigenvalue weighted by atomic mass is 10.0. The summed E-state index contributed by atoms with van der Waals surface area (Å²) in [5.41, 5.74) is 1.60. The highest BCUT2D eigenvalue weighted by atomic mass is 16.5. The highest BCUT2D eigenvalue weighted by molar-refractivity contribution is 6.04. The van der Waals surface area contributed by atoms with E-state index in [2.05, 4.69) is 19.2 Å². The van der Waals surface area contributed by atoms with Crippen LogP contribution in [-0.4, -0.2) is 31.4 Å². The Morgan fingerprint density at radius 1 is 1.36 bits per heavy atom. The molecule has 0 bridgehead atoms. The lowest BCUT2D eigenvalue weighted by molar-refractivity contribution is -0.134. The van der Waals surface area contributed by atoms with Crippen LogP contribution in [0.4, 0.5) is 5.69 Å². The number of hydrogen-bond acceptors (Lipinski definition) is 4. The van der Waals surface area contributed by atoms with Gasteiger partial charge in [-0.15, -0.1) is 0 Å². The van der Waals surface area contributed by atoms with Crippen LogP contribution in [0.5, 0.6) is 5.75 Å². The fourth-order valence-corrected chi connectivity index (χ4v) is 2.51. The number of anilines is 1. The molecule has 1 heterocycles. The van der Waals surface area contributed by atoms with Gasteiger partial charge in [-0.3, -0.25) is 24.6 Å². The Bertz CT molecular complexity index is 598. The summed E-state index contributed by atoms with van der Waals surface area (Å²) in [5.74, 6) is 0.0822. The molecule has 118 valence electrons. The van der Waals surface area contributed by atoms with Crippen LogP contribution in [0.15, 0.2) is 18.2 Å². The van der Waals surface area contributed by atoms with Gasteiger partial charge in [-0.1, -0.05) is 19.9 Å². The quantitative estimate of drug-likeness (QED) is 0.662. The summed E-state index contributed by atoms with van der Waals surface area (Å²) < 4.78 is 5.37. The molecule has 1 saturated heterocycles. The van der Waals surface area contributed by atoms with Crippen molar-refractivity contribution in [3.05, 3.63) is 23.8 Å². The van der Waals surface area contributed by atoms with Crippen molar-refractivity contribution in [2.24, 2.45) is 0 Å². The monoisotopic (exact) mass is 304 g/mol. The van der Waals surface area contributed by atoms with Crippen molar-refractivity contribution in [3.63, 3.8) is 0 Å². The predicted molar refractivity (Wildman–Crippen MR) is 81.8 cm³/mol. The van der Waals surface area contributed by atoms with E-state index in [1.54, 1.807) is 6.07 Å². The first-order valence-corrected chi connectivity index (χ1v) is 7.23. The average molecular weight is 304 g/mol. The molecule has 0 aliphatic carbocycles. The van der Waals surface area contributed by atoms with Crippen LogP contribution in [-0.2, 0) is 14.4 Å². The Hall–Kier alpha value is -2.37. The smallest absolute Gasteiger partial charge is 0.249 e.